The molecule has 2 rings (SSSR count). The number of phenolic OH excluding ortho intramolecular Hbond substituents is 1. The molecule has 0 bridgehead atoms. The fourth-order valence-corrected chi connectivity index (χ4v) is 2.41. The van der Waals surface area contributed by atoms with Crippen LogP contribution in [0, 0.1) is 0 Å². The van der Waals surface area contributed by atoms with Crippen LogP contribution in [0.4, 0.5) is 5.69 Å². The first kappa shape index (κ1) is 17.2. The smallest absolute Gasteiger partial charge is 0.342 e. The van der Waals surface area contributed by atoms with Crippen molar-refractivity contribution in [2.45, 2.75) is 4.90 Å². The first-order valence-corrected chi connectivity index (χ1v) is 8.19. The van der Waals surface area contributed by atoms with Crippen molar-refractivity contribution in [3.63, 3.8) is 0 Å². The highest BCUT2D eigenvalue weighted by molar-refractivity contribution is 7.98. The Morgan fingerprint density at radius 3 is 2.74 bits per heavy atom. The highest BCUT2D eigenvalue weighted by atomic mass is 35.5. The van der Waals surface area contributed by atoms with Crippen LogP contribution in [-0.2, 0) is 9.53 Å². The summed E-state index contributed by atoms with van der Waals surface area (Å²) in [6.07, 6.45) is 1.93. The summed E-state index contributed by atoms with van der Waals surface area (Å²) in [7, 11) is 0. The molecule has 0 saturated heterocycles. The summed E-state index contributed by atoms with van der Waals surface area (Å²) in [5.74, 6) is -1.56. The van der Waals surface area contributed by atoms with Gasteiger partial charge in [-0.15, -0.1) is 11.8 Å². The van der Waals surface area contributed by atoms with E-state index in [2.05, 4.69) is 5.32 Å². The van der Waals surface area contributed by atoms with Gasteiger partial charge in [-0.3, -0.25) is 4.79 Å². The average molecular weight is 352 g/mol. The molecule has 5 nitrogen and oxygen atoms in total. The molecule has 0 aliphatic carbocycles. The van der Waals surface area contributed by atoms with Crippen LogP contribution in [0.15, 0.2) is 47.4 Å². The van der Waals surface area contributed by atoms with E-state index in [0.29, 0.717) is 10.7 Å². The van der Waals surface area contributed by atoms with E-state index in [1.807, 2.05) is 24.5 Å². The Morgan fingerprint density at radius 1 is 1.26 bits per heavy atom. The van der Waals surface area contributed by atoms with Gasteiger partial charge in [0.15, 0.2) is 6.61 Å². The third-order valence-electron chi connectivity index (χ3n) is 2.87. The van der Waals surface area contributed by atoms with Crippen LogP contribution in [0.2, 0.25) is 5.02 Å². The number of carbonyl (C=O) groups is 2. The van der Waals surface area contributed by atoms with Crippen molar-refractivity contribution < 1.29 is 19.4 Å². The average Bonchev–Trinajstić information content (AvgIpc) is 2.53. The maximum Gasteiger partial charge on any atom is 0.342 e. The molecule has 0 unspecified atom stereocenters. The summed E-state index contributed by atoms with van der Waals surface area (Å²) in [4.78, 5) is 24.6. The number of amides is 1. The van der Waals surface area contributed by atoms with Gasteiger partial charge in [-0.1, -0.05) is 17.7 Å². The van der Waals surface area contributed by atoms with Crippen molar-refractivity contribution in [3.8, 4) is 5.75 Å². The van der Waals surface area contributed by atoms with Crippen LogP contribution < -0.4 is 5.32 Å². The van der Waals surface area contributed by atoms with E-state index in [1.54, 1.807) is 17.8 Å². The number of aromatic hydroxyl groups is 1. The van der Waals surface area contributed by atoms with Crippen LogP contribution >= 0.6 is 23.4 Å². The number of hydrogen-bond donors (Lipinski definition) is 2. The second kappa shape index (κ2) is 7.89. The molecule has 0 saturated carbocycles. The molecule has 0 heterocycles. The molecule has 23 heavy (non-hydrogen) atoms. The second-order valence-electron chi connectivity index (χ2n) is 4.52. The number of benzene rings is 2. The Labute approximate surface area is 142 Å². The van der Waals surface area contributed by atoms with E-state index in [4.69, 9.17) is 16.3 Å². The monoisotopic (exact) mass is 351 g/mol. The number of ether oxygens (including phenoxy) is 1. The van der Waals surface area contributed by atoms with Crippen molar-refractivity contribution >= 4 is 40.9 Å². The lowest BCUT2D eigenvalue weighted by Gasteiger charge is -2.08. The molecule has 0 fully saturated rings. The Balaban J connectivity index is 1.92. The predicted octanol–water partition coefficient (Wildman–Crippen LogP) is 3.56. The van der Waals surface area contributed by atoms with Gasteiger partial charge < -0.3 is 15.2 Å². The van der Waals surface area contributed by atoms with Crippen molar-refractivity contribution in [2.75, 3.05) is 18.2 Å². The fraction of sp³-hybridized carbons (Fsp3) is 0.125. The summed E-state index contributed by atoms with van der Waals surface area (Å²) in [6, 6.07) is 11.3. The zero-order valence-corrected chi connectivity index (χ0v) is 13.8. The number of esters is 1. The van der Waals surface area contributed by atoms with E-state index in [1.165, 1.54) is 18.2 Å². The minimum absolute atomic E-state index is 0.0495. The maximum absolute atomic E-state index is 11.8. The molecule has 7 heteroatoms. The van der Waals surface area contributed by atoms with E-state index < -0.39 is 18.5 Å². The molecule has 0 aliphatic rings. The number of nitrogens with one attached hydrogen (secondary N) is 1. The molecule has 120 valence electrons. The summed E-state index contributed by atoms with van der Waals surface area (Å²) < 4.78 is 4.88. The zero-order valence-electron chi connectivity index (χ0n) is 12.2. The van der Waals surface area contributed by atoms with Crippen molar-refractivity contribution in [3.05, 3.63) is 53.1 Å². The topological polar surface area (TPSA) is 75.6 Å². The predicted molar refractivity (Wildman–Crippen MR) is 90.3 cm³/mol. The Morgan fingerprint density at radius 2 is 2.04 bits per heavy atom. The van der Waals surface area contributed by atoms with E-state index in [9.17, 15) is 14.7 Å². The van der Waals surface area contributed by atoms with Crippen LogP contribution in [0.5, 0.6) is 5.75 Å². The fourth-order valence-electron chi connectivity index (χ4n) is 1.78. The number of halogens is 1. The van der Waals surface area contributed by atoms with Gasteiger partial charge in [-0.25, -0.2) is 4.79 Å². The van der Waals surface area contributed by atoms with Crippen molar-refractivity contribution in [1.82, 2.24) is 0 Å². The molecule has 0 aliphatic heterocycles. The first-order valence-electron chi connectivity index (χ1n) is 6.59. The molecule has 2 aromatic rings. The van der Waals surface area contributed by atoms with Gasteiger partial charge in [0.25, 0.3) is 5.91 Å². The molecule has 0 atom stereocenters. The van der Waals surface area contributed by atoms with E-state index >= 15 is 0 Å². The van der Waals surface area contributed by atoms with Crippen LogP contribution in [0.1, 0.15) is 10.4 Å². The Bertz CT molecular complexity index is 736. The SMILES string of the molecule is CSc1cccc(NC(=O)COC(=O)c2ccc(Cl)cc2O)c1. The van der Waals surface area contributed by atoms with Crippen LogP contribution in [-0.4, -0.2) is 29.8 Å². The standard InChI is InChI=1S/C16H14ClNO4S/c1-23-12-4-2-3-11(8-12)18-15(20)9-22-16(21)13-6-5-10(17)7-14(13)19/h2-8,19H,9H2,1H3,(H,18,20). The summed E-state index contributed by atoms with van der Waals surface area (Å²) >= 11 is 7.24. The summed E-state index contributed by atoms with van der Waals surface area (Å²) in [5, 5.41) is 12.6. The molecule has 0 aromatic heterocycles. The highest BCUT2D eigenvalue weighted by Gasteiger charge is 2.14. The second-order valence-corrected chi connectivity index (χ2v) is 5.83. The number of rotatable bonds is 5. The molecule has 2 aromatic carbocycles. The van der Waals surface area contributed by atoms with Gasteiger partial charge in [0.05, 0.1) is 0 Å². The van der Waals surface area contributed by atoms with E-state index in [0.717, 1.165) is 4.90 Å². The first-order chi connectivity index (χ1) is 11.0. The van der Waals surface area contributed by atoms with Crippen molar-refractivity contribution in [2.24, 2.45) is 0 Å². The molecule has 2 N–H and O–H groups in total. The van der Waals surface area contributed by atoms with Crippen molar-refractivity contribution in [1.29, 1.82) is 0 Å². The quantitative estimate of drug-likeness (QED) is 0.636. The van der Waals surface area contributed by atoms with Gasteiger partial charge in [0.2, 0.25) is 0 Å². The molecule has 0 radical (unpaired) electrons. The molecular weight excluding hydrogens is 338 g/mol. The van der Waals surface area contributed by atoms with Gasteiger partial charge in [0.1, 0.15) is 11.3 Å². The maximum atomic E-state index is 11.8. The lowest BCUT2D eigenvalue weighted by Crippen LogP contribution is -2.21. The van der Waals surface area contributed by atoms with Gasteiger partial charge in [-0.2, -0.15) is 0 Å². The third-order valence-corrected chi connectivity index (χ3v) is 3.83. The third kappa shape index (κ3) is 4.91. The largest absolute Gasteiger partial charge is 0.507 e. The zero-order chi connectivity index (χ0) is 16.8. The molecule has 1 amide bonds. The number of thioether (sulfide) groups is 1. The molecular formula is C16H14ClNO4S. The van der Waals surface area contributed by atoms with Crippen LogP contribution in [0.25, 0.3) is 0 Å². The van der Waals surface area contributed by atoms with Gasteiger partial charge in [0, 0.05) is 15.6 Å². The van der Waals surface area contributed by atoms with Gasteiger partial charge in [-0.05, 0) is 42.7 Å². The molecule has 0 spiro atoms. The Hall–Kier alpha value is -2.18. The number of phenols is 1. The number of carbonyl (C=O) groups excluding carboxylic acids is 2. The Kier molecular flexibility index (Phi) is 5.90. The number of hydrogen-bond acceptors (Lipinski definition) is 5. The minimum atomic E-state index is -0.799. The normalized spacial score (nSPS) is 10.2. The van der Waals surface area contributed by atoms with Crippen LogP contribution in [0.3, 0.4) is 0 Å². The highest BCUT2D eigenvalue weighted by Crippen LogP contribution is 2.22. The summed E-state index contributed by atoms with van der Waals surface area (Å²) in [5.41, 5.74) is 0.568. The lowest BCUT2D eigenvalue weighted by molar-refractivity contribution is -0.119. The summed E-state index contributed by atoms with van der Waals surface area (Å²) in [6.45, 7) is -0.454. The number of anilines is 1. The van der Waals surface area contributed by atoms with E-state index in [-0.39, 0.29) is 11.3 Å². The minimum Gasteiger partial charge on any atom is -0.507 e. The lowest BCUT2D eigenvalue weighted by atomic mass is 10.2. The van der Waals surface area contributed by atoms with Gasteiger partial charge >= 0.3 is 5.97 Å².